The number of nitrogens with two attached hydrogens (primary N) is 1. The Kier molecular flexibility index (Phi) is 3.68. The Hall–Kier alpha value is -3.57. The average Bonchev–Trinajstić information content (AvgIpc) is 2.65. The Bertz CT molecular complexity index is 1150. The summed E-state index contributed by atoms with van der Waals surface area (Å²) < 4.78 is 0. The predicted octanol–water partition coefficient (Wildman–Crippen LogP) is 5.62. The van der Waals surface area contributed by atoms with Crippen molar-refractivity contribution >= 4 is 39.4 Å². The van der Waals surface area contributed by atoms with E-state index in [0.717, 1.165) is 43.9 Å². The van der Waals surface area contributed by atoms with Crippen molar-refractivity contribution in [3.05, 3.63) is 89.5 Å². The molecular weight excluding hydrogens is 304 g/mol. The van der Waals surface area contributed by atoms with E-state index in [4.69, 9.17) is 5.73 Å². The molecule has 0 radical (unpaired) electrons. The van der Waals surface area contributed by atoms with Gasteiger partial charge < -0.3 is 5.73 Å². The van der Waals surface area contributed by atoms with Gasteiger partial charge in [-0.3, -0.25) is 0 Å². The lowest BCUT2D eigenvalue weighted by atomic mass is 9.96. The fraction of sp³-hybridized carbons (Fsp3) is 0. The third kappa shape index (κ3) is 2.84. The number of benzene rings is 4. The summed E-state index contributed by atoms with van der Waals surface area (Å²) in [4.78, 5) is 0. The Labute approximate surface area is 146 Å². The number of anilines is 1. The number of nitrogens with zero attached hydrogens (tertiary/aromatic N) is 1. The van der Waals surface area contributed by atoms with E-state index < -0.39 is 0 Å². The zero-order chi connectivity index (χ0) is 17.2. The molecule has 2 N–H and O–H groups in total. The van der Waals surface area contributed by atoms with E-state index >= 15 is 0 Å². The van der Waals surface area contributed by atoms with Crippen molar-refractivity contribution < 1.29 is 0 Å². The molecule has 4 aromatic rings. The first-order valence-electron chi connectivity index (χ1n) is 8.14. The molecule has 25 heavy (non-hydrogen) atoms. The van der Waals surface area contributed by atoms with Gasteiger partial charge in [0, 0.05) is 16.5 Å². The van der Waals surface area contributed by atoms with E-state index in [9.17, 15) is 5.26 Å². The van der Waals surface area contributed by atoms with Crippen LogP contribution in [0.25, 0.3) is 33.7 Å². The second-order valence-electron chi connectivity index (χ2n) is 6.07. The maximum Gasteiger partial charge on any atom is 0.100 e. The van der Waals surface area contributed by atoms with Crippen LogP contribution in [0.15, 0.2) is 72.8 Å². The lowest BCUT2D eigenvalue weighted by Gasteiger charge is -2.07. The van der Waals surface area contributed by atoms with Crippen LogP contribution in [0.2, 0.25) is 0 Å². The Morgan fingerprint density at radius 1 is 0.720 bits per heavy atom. The summed E-state index contributed by atoms with van der Waals surface area (Å²) in [5.74, 6) is 0. The van der Waals surface area contributed by atoms with Crippen molar-refractivity contribution in [1.82, 2.24) is 0 Å². The van der Waals surface area contributed by atoms with Crippen LogP contribution in [0.5, 0.6) is 0 Å². The molecule has 0 aliphatic heterocycles. The lowest BCUT2D eigenvalue weighted by Crippen LogP contribution is -1.85. The first kappa shape index (κ1) is 15.0. The maximum atomic E-state index is 9.60. The molecule has 2 nitrogen and oxygen atoms in total. The van der Waals surface area contributed by atoms with Crippen LogP contribution in [0.3, 0.4) is 0 Å². The standard InChI is InChI=1S/C23H16N2/c24-15-23-21-4-2-1-3-18(21)14-19-13-17(9-12-22(19)23)6-5-16-7-10-20(25)11-8-16/h1-14H,25H2. The van der Waals surface area contributed by atoms with Crippen molar-refractivity contribution in [2.45, 2.75) is 0 Å². The monoisotopic (exact) mass is 320 g/mol. The predicted molar refractivity (Wildman–Crippen MR) is 106 cm³/mol. The zero-order valence-corrected chi connectivity index (χ0v) is 13.6. The van der Waals surface area contributed by atoms with Crippen LogP contribution in [0.4, 0.5) is 5.69 Å². The van der Waals surface area contributed by atoms with Crippen LogP contribution < -0.4 is 5.73 Å². The molecule has 0 aliphatic carbocycles. The van der Waals surface area contributed by atoms with E-state index in [-0.39, 0.29) is 0 Å². The minimum atomic E-state index is 0.738. The molecule has 0 saturated carbocycles. The van der Waals surface area contributed by atoms with Gasteiger partial charge in [0.15, 0.2) is 0 Å². The summed E-state index contributed by atoms with van der Waals surface area (Å²) in [7, 11) is 0. The van der Waals surface area contributed by atoms with Crippen molar-refractivity contribution in [3.8, 4) is 6.07 Å². The summed E-state index contributed by atoms with van der Waals surface area (Å²) in [6.45, 7) is 0. The van der Waals surface area contributed by atoms with Gasteiger partial charge in [-0.2, -0.15) is 5.26 Å². The Morgan fingerprint density at radius 3 is 2.20 bits per heavy atom. The van der Waals surface area contributed by atoms with E-state index in [2.05, 4.69) is 30.4 Å². The third-order valence-corrected chi connectivity index (χ3v) is 4.40. The highest BCUT2D eigenvalue weighted by Crippen LogP contribution is 2.29. The summed E-state index contributed by atoms with van der Waals surface area (Å²) in [5.41, 5.74) is 9.42. The quantitative estimate of drug-likeness (QED) is 0.296. The van der Waals surface area contributed by atoms with Gasteiger partial charge in [-0.05, 0) is 46.2 Å². The summed E-state index contributed by atoms with van der Waals surface area (Å²) in [5, 5.41) is 13.8. The second-order valence-corrected chi connectivity index (χ2v) is 6.07. The summed E-state index contributed by atoms with van der Waals surface area (Å²) in [6, 6.07) is 26.5. The summed E-state index contributed by atoms with van der Waals surface area (Å²) >= 11 is 0. The Morgan fingerprint density at radius 2 is 1.40 bits per heavy atom. The number of fused-ring (bicyclic) bond motifs is 2. The van der Waals surface area contributed by atoms with Gasteiger partial charge in [0.2, 0.25) is 0 Å². The van der Waals surface area contributed by atoms with Gasteiger partial charge in [0.1, 0.15) is 6.07 Å². The van der Waals surface area contributed by atoms with Gasteiger partial charge >= 0.3 is 0 Å². The van der Waals surface area contributed by atoms with Crippen LogP contribution >= 0.6 is 0 Å². The normalized spacial score (nSPS) is 11.2. The molecule has 0 spiro atoms. The van der Waals surface area contributed by atoms with Gasteiger partial charge in [0.05, 0.1) is 5.56 Å². The highest BCUT2D eigenvalue weighted by Gasteiger charge is 2.07. The molecule has 0 aliphatic rings. The molecule has 2 heteroatoms. The zero-order valence-electron chi connectivity index (χ0n) is 13.6. The first-order valence-corrected chi connectivity index (χ1v) is 8.14. The minimum Gasteiger partial charge on any atom is -0.399 e. The number of rotatable bonds is 2. The first-order chi connectivity index (χ1) is 12.2. The molecule has 4 rings (SSSR count). The van der Waals surface area contributed by atoms with E-state index in [1.54, 1.807) is 0 Å². The van der Waals surface area contributed by atoms with Crippen molar-refractivity contribution in [2.24, 2.45) is 0 Å². The smallest absolute Gasteiger partial charge is 0.100 e. The van der Waals surface area contributed by atoms with Gasteiger partial charge in [0.25, 0.3) is 0 Å². The molecule has 0 unspecified atom stereocenters. The molecule has 0 heterocycles. The van der Waals surface area contributed by atoms with Gasteiger partial charge in [-0.1, -0.05) is 60.7 Å². The van der Waals surface area contributed by atoms with Gasteiger partial charge in [-0.25, -0.2) is 0 Å². The Balaban J connectivity index is 1.81. The van der Waals surface area contributed by atoms with Gasteiger partial charge in [-0.15, -0.1) is 0 Å². The third-order valence-electron chi connectivity index (χ3n) is 4.40. The molecule has 0 amide bonds. The molecule has 4 aromatic carbocycles. The molecule has 0 atom stereocenters. The molecule has 0 bridgehead atoms. The van der Waals surface area contributed by atoms with E-state index in [1.165, 1.54) is 0 Å². The number of hydrogen-bond acceptors (Lipinski definition) is 2. The van der Waals surface area contributed by atoms with Crippen LogP contribution in [-0.4, -0.2) is 0 Å². The fourth-order valence-electron chi connectivity index (χ4n) is 3.12. The highest BCUT2D eigenvalue weighted by molar-refractivity contribution is 6.04. The van der Waals surface area contributed by atoms with E-state index in [1.807, 2.05) is 60.7 Å². The van der Waals surface area contributed by atoms with Crippen LogP contribution in [0, 0.1) is 11.3 Å². The van der Waals surface area contributed by atoms with Crippen molar-refractivity contribution in [1.29, 1.82) is 5.26 Å². The fourth-order valence-corrected chi connectivity index (χ4v) is 3.12. The molecule has 118 valence electrons. The summed E-state index contributed by atoms with van der Waals surface area (Å²) in [6.07, 6.45) is 4.14. The molecule has 0 fully saturated rings. The minimum absolute atomic E-state index is 0.738. The van der Waals surface area contributed by atoms with Crippen LogP contribution in [0.1, 0.15) is 16.7 Å². The average molecular weight is 320 g/mol. The largest absolute Gasteiger partial charge is 0.399 e. The van der Waals surface area contributed by atoms with Crippen molar-refractivity contribution in [3.63, 3.8) is 0 Å². The highest BCUT2D eigenvalue weighted by atomic mass is 14.5. The molecular formula is C23H16N2. The van der Waals surface area contributed by atoms with Crippen LogP contribution in [-0.2, 0) is 0 Å². The van der Waals surface area contributed by atoms with Crippen molar-refractivity contribution in [2.75, 3.05) is 5.73 Å². The topological polar surface area (TPSA) is 49.8 Å². The maximum absolute atomic E-state index is 9.60. The molecule has 0 aromatic heterocycles. The second kappa shape index (κ2) is 6.14. The number of nitriles is 1. The van der Waals surface area contributed by atoms with E-state index in [0.29, 0.717) is 0 Å². The number of hydrogen-bond donors (Lipinski definition) is 1. The molecule has 0 saturated heterocycles. The SMILES string of the molecule is N#Cc1c2ccccc2cc2cc(C=Cc3ccc(N)cc3)ccc12. The lowest BCUT2D eigenvalue weighted by molar-refractivity contribution is 1.51. The number of nitrogen functional groups attached to an aromatic ring is 1.